The highest BCUT2D eigenvalue weighted by Crippen LogP contribution is 2.31. The molecule has 1 aliphatic rings. The monoisotopic (exact) mass is 396 g/mol. The first kappa shape index (κ1) is 19.0. The summed E-state index contributed by atoms with van der Waals surface area (Å²) in [7, 11) is 2.06. The molecule has 146 valence electrons. The van der Waals surface area contributed by atoms with Crippen LogP contribution >= 0.6 is 11.3 Å². The Morgan fingerprint density at radius 2 is 1.86 bits per heavy atom. The Morgan fingerprint density at radius 3 is 2.61 bits per heavy atom. The first-order valence-corrected chi connectivity index (χ1v) is 10.6. The lowest BCUT2D eigenvalue weighted by molar-refractivity contribution is 0.299. The van der Waals surface area contributed by atoms with E-state index in [2.05, 4.69) is 34.8 Å². The summed E-state index contributed by atoms with van der Waals surface area (Å²) in [5, 5.41) is 7.49. The molecule has 1 aromatic carbocycles. The van der Waals surface area contributed by atoms with E-state index in [1.165, 1.54) is 49.2 Å². The van der Waals surface area contributed by atoms with Crippen molar-refractivity contribution in [3.63, 3.8) is 0 Å². The molecule has 2 heterocycles. The third kappa shape index (κ3) is 4.75. The molecule has 28 heavy (non-hydrogen) atoms. The zero-order chi connectivity index (χ0) is 19.3. The number of benzene rings is 1. The van der Waals surface area contributed by atoms with Gasteiger partial charge in [0.1, 0.15) is 11.6 Å². The maximum Gasteiger partial charge on any atom is 0.188 e. The highest BCUT2D eigenvalue weighted by molar-refractivity contribution is 7.18. The molecule has 4 rings (SSSR count). The Kier molecular flexibility index (Phi) is 5.98. The fourth-order valence-electron chi connectivity index (χ4n) is 3.80. The SMILES string of the molecule is CNC1CCC(Cc2cccc(Nc3ncc(-c4ccc(F)cc4)s3)n2)CC1. The Hall–Kier alpha value is -2.31. The van der Waals surface area contributed by atoms with Crippen LogP contribution in [0.1, 0.15) is 31.4 Å². The summed E-state index contributed by atoms with van der Waals surface area (Å²) < 4.78 is 13.1. The summed E-state index contributed by atoms with van der Waals surface area (Å²) in [6, 6.07) is 13.3. The average molecular weight is 397 g/mol. The number of hydrogen-bond acceptors (Lipinski definition) is 5. The van der Waals surface area contributed by atoms with Crippen molar-refractivity contribution < 1.29 is 4.39 Å². The summed E-state index contributed by atoms with van der Waals surface area (Å²) in [6.07, 6.45) is 7.88. The van der Waals surface area contributed by atoms with Gasteiger partial charge in [0.15, 0.2) is 5.13 Å². The van der Waals surface area contributed by atoms with Crippen molar-refractivity contribution in [1.29, 1.82) is 0 Å². The molecule has 0 amide bonds. The summed E-state index contributed by atoms with van der Waals surface area (Å²) in [6.45, 7) is 0. The second kappa shape index (κ2) is 8.80. The molecule has 0 atom stereocenters. The minimum Gasteiger partial charge on any atom is -0.317 e. The van der Waals surface area contributed by atoms with Gasteiger partial charge in [-0.25, -0.2) is 14.4 Å². The van der Waals surface area contributed by atoms with E-state index >= 15 is 0 Å². The third-order valence-electron chi connectivity index (χ3n) is 5.43. The number of aromatic nitrogens is 2. The maximum atomic E-state index is 13.1. The van der Waals surface area contributed by atoms with Crippen molar-refractivity contribution >= 4 is 22.3 Å². The number of nitrogens with zero attached hydrogens (tertiary/aromatic N) is 2. The zero-order valence-electron chi connectivity index (χ0n) is 16.0. The normalized spacial score (nSPS) is 19.5. The van der Waals surface area contributed by atoms with Crippen LogP contribution in [0.5, 0.6) is 0 Å². The Labute approximate surface area is 169 Å². The van der Waals surface area contributed by atoms with E-state index in [0.717, 1.165) is 39.4 Å². The molecule has 0 radical (unpaired) electrons. The molecule has 3 aromatic rings. The van der Waals surface area contributed by atoms with Crippen molar-refractivity contribution in [1.82, 2.24) is 15.3 Å². The Balaban J connectivity index is 1.39. The number of hydrogen-bond donors (Lipinski definition) is 2. The minimum absolute atomic E-state index is 0.230. The van der Waals surface area contributed by atoms with Crippen LogP contribution in [0.15, 0.2) is 48.7 Å². The lowest BCUT2D eigenvalue weighted by atomic mass is 9.83. The lowest BCUT2D eigenvalue weighted by Crippen LogP contribution is -2.30. The predicted molar refractivity (Wildman–Crippen MR) is 114 cm³/mol. The standard InChI is InChI=1S/C22H25FN4S/c1-24-18-11-5-15(6-12-18)13-19-3-2-4-21(26-19)27-22-25-14-20(28-22)16-7-9-17(23)10-8-16/h2-4,7-10,14-15,18,24H,5-6,11-13H2,1H3,(H,25,26,27). The van der Waals surface area contributed by atoms with Crippen LogP contribution in [0.25, 0.3) is 10.4 Å². The van der Waals surface area contributed by atoms with E-state index < -0.39 is 0 Å². The predicted octanol–water partition coefficient (Wildman–Crippen LogP) is 5.41. The number of thiazole rings is 1. The maximum absolute atomic E-state index is 13.1. The summed E-state index contributed by atoms with van der Waals surface area (Å²) >= 11 is 1.54. The number of pyridine rings is 1. The summed E-state index contributed by atoms with van der Waals surface area (Å²) in [4.78, 5) is 10.2. The molecule has 2 N–H and O–H groups in total. The Bertz CT molecular complexity index is 901. The van der Waals surface area contributed by atoms with Crippen molar-refractivity contribution in [3.05, 3.63) is 60.2 Å². The van der Waals surface area contributed by atoms with E-state index in [1.54, 1.807) is 12.1 Å². The van der Waals surface area contributed by atoms with Gasteiger partial charge in [0, 0.05) is 17.9 Å². The molecule has 0 aliphatic heterocycles. The molecule has 2 aromatic heterocycles. The van der Waals surface area contributed by atoms with Gasteiger partial charge in [0.05, 0.1) is 4.88 Å². The molecule has 0 bridgehead atoms. The fourth-order valence-corrected chi connectivity index (χ4v) is 4.63. The van der Waals surface area contributed by atoms with E-state index in [9.17, 15) is 4.39 Å². The number of anilines is 2. The molecule has 4 nitrogen and oxygen atoms in total. The van der Waals surface area contributed by atoms with Gasteiger partial charge in [-0.2, -0.15) is 0 Å². The zero-order valence-corrected chi connectivity index (χ0v) is 16.8. The molecule has 0 saturated heterocycles. The molecule has 0 unspecified atom stereocenters. The van der Waals surface area contributed by atoms with Crippen molar-refractivity contribution in [2.45, 2.75) is 38.1 Å². The van der Waals surface area contributed by atoms with Crippen LogP contribution in [-0.2, 0) is 6.42 Å². The second-order valence-electron chi connectivity index (χ2n) is 7.39. The largest absolute Gasteiger partial charge is 0.317 e. The molecule has 1 fully saturated rings. The minimum atomic E-state index is -0.230. The van der Waals surface area contributed by atoms with Crippen LogP contribution in [0.2, 0.25) is 0 Å². The van der Waals surface area contributed by atoms with E-state index in [0.29, 0.717) is 6.04 Å². The van der Waals surface area contributed by atoms with Crippen molar-refractivity contribution in [3.8, 4) is 10.4 Å². The highest BCUT2D eigenvalue weighted by atomic mass is 32.1. The second-order valence-corrected chi connectivity index (χ2v) is 8.42. The molecular weight excluding hydrogens is 371 g/mol. The van der Waals surface area contributed by atoms with Gasteiger partial charge in [-0.1, -0.05) is 29.5 Å². The van der Waals surface area contributed by atoms with Crippen LogP contribution in [0.4, 0.5) is 15.3 Å². The van der Waals surface area contributed by atoms with Gasteiger partial charge >= 0.3 is 0 Å². The first-order chi connectivity index (χ1) is 13.7. The van der Waals surface area contributed by atoms with Gasteiger partial charge in [-0.05, 0) is 74.9 Å². The van der Waals surface area contributed by atoms with E-state index in [4.69, 9.17) is 4.98 Å². The lowest BCUT2D eigenvalue weighted by Gasteiger charge is -2.28. The third-order valence-corrected chi connectivity index (χ3v) is 6.39. The number of halogens is 1. The summed E-state index contributed by atoms with van der Waals surface area (Å²) in [5.41, 5.74) is 2.10. The van der Waals surface area contributed by atoms with Gasteiger partial charge < -0.3 is 10.6 Å². The van der Waals surface area contributed by atoms with Crippen LogP contribution in [0.3, 0.4) is 0 Å². The van der Waals surface area contributed by atoms with Crippen LogP contribution in [-0.4, -0.2) is 23.1 Å². The van der Waals surface area contributed by atoms with E-state index in [-0.39, 0.29) is 5.82 Å². The van der Waals surface area contributed by atoms with Gasteiger partial charge in [-0.15, -0.1) is 0 Å². The average Bonchev–Trinajstić information content (AvgIpc) is 3.18. The van der Waals surface area contributed by atoms with Crippen molar-refractivity contribution in [2.75, 3.05) is 12.4 Å². The number of nitrogens with one attached hydrogen (secondary N) is 2. The van der Waals surface area contributed by atoms with Crippen LogP contribution in [0, 0.1) is 11.7 Å². The molecular formula is C22H25FN4S. The van der Waals surface area contributed by atoms with Gasteiger partial charge in [0.25, 0.3) is 0 Å². The number of rotatable bonds is 6. The topological polar surface area (TPSA) is 49.8 Å². The van der Waals surface area contributed by atoms with E-state index in [1.807, 2.05) is 12.3 Å². The quantitative estimate of drug-likeness (QED) is 0.585. The molecule has 1 saturated carbocycles. The van der Waals surface area contributed by atoms with Gasteiger partial charge in [-0.3, -0.25) is 0 Å². The Morgan fingerprint density at radius 1 is 1.07 bits per heavy atom. The smallest absolute Gasteiger partial charge is 0.188 e. The van der Waals surface area contributed by atoms with Crippen LogP contribution < -0.4 is 10.6 Å². The molecule has 6 heteroatoms. The summed E-state index contributed by atoms with van der Waals surface area (Å²) in [5.74, 6) is 1.31. The fraction of sp³-hybridized carbons (Fsp3) is 0.364. The highest BCUT2D eigenvalue weighted by Gasteiger charge is 2.20. The van der Waals surface area contributed by atoms with Crippen molar-refractivity contribution in [2.24, 2.45) is 5.92 Å². The first-order valence-electron chi connectivity index (χ1n) is 9.81. The molecule has 0 spiro atoms. The van der Waals surface area contributed by atoms with Gasteiger partial charge in [0.2, 0.25) is 0 Å². The molecule has 1 aliphatic carbocycles.